The van der Waals surface area contributed by atoms with Crippen LogP contribution in [0.1, 0.15) is 27.0 Å². The van der Waals surface area contributed by atoms with E-state index in [1.165, 1.54) is 18.2 Å². The lowest BCUT2D eigenvalue weighted by Gasteiger charge is -2.40. The zero-order chi connectivity index (χ0) is 25.2. The Morgan fingerprint density at radius 3 is 2.36 bits per heavy atom. The number of aromatic hydroxyl groups is 1. The first-order valence-electron chi connectivity index (χ1n) is 11.3. The highest BCUT2D eigenvalue weighted by Crippen LogP contribution is 2.57. The summed E-state index contributed by atoms with van der Waals surface area (Å²) in [6.07, 6.45) is -7.22. The molecule has 3 aliphatic rings. The van der Waals surface area contributed by atoms with Crippen molar-refractivity contribution < 1.29 is 49.3 Å². The van der Waals surface area contributed by atoms with Crippen molar-refractivity contribution in [2.45, 2.75) is 36.3 Å². The maximum absolute atomic E-state index is 12.9. The topological polar surface area (TPSA) is 155 Å². The average molecular weight is 494 g/mol. The lowest BCUT2D eigenvalue weighted by molar-refractivity contribution is -0.277. The fourth-order valence-electron chi connectivity index (χ4n) is 5.02. The zero-order valence-corrected chi connectivity index (χ0v) is 18.6. The van der Waals surface area contributed by atoms with Gasteiger partial charge in [-0.25, -0.2) is 4.79 Å². The number of phenols is 1. The van der Waals surface area contributed by atoms with Gasteiger partial charge in [0, 0.05) is 28.8 Å². The summed E-state index contributed by atoms with van der Waals surface area (Å²) in [4.78, 5) is 12.9. The molecular weight excluding hydrogens is 472 g/mol. The van der Waals surface area contributed by atoms with Crippen molar-refractivity contribution in [3.8, 4) is 23.0 Å². The van der Waals surface area contributed by atoms with Crippen LogP contribution in [0.25, 0.3) is 0 Å². The van der Waals surface area contributed by atoms with E-state index in [2.05, 4.69) is 0 Å². The van der Waals surface area contributed by atoms with E-state index in [0.29, 0.717) is 22.3 Å². The molecule has 0 radical (unpaired) electrons. The summed E-state index contributed by atoms with van der Waals surface area (Å²) in [5.74, 6) is 0.170. The van der Waals surface area contributed by atoms with Crippen LogP contribution in [0.2, 0.25) is 0 Å². The normalized spacial score (nSPS) is 30.1. The van der Waals surface area contributed by atoms with Crippen LogP contribution in [0.3, 0.4) is 0 Å². The summed E-state index contributed by atoms with van der Waals surface area (Å²) in [5.41, 5.74) is 0.750. The number of ether oxygens (including phenoxy) is 4. The summed E-state index contributed by atoms with van der Waals surface area (Å²) in [5, 5.41) is 49.9. The van der Waals surface area contributed by atoms with Gasteiger partial charge in [0.15, 0.2) is 5.60 Å². The average Bonchev–Trinajstić information content (AvgIpc) is 3.17. The van der Waals surface area contributed by atoms with Gasteiger partial charge < -0.3 is 44.5 Å². The molecule has 1 spiro atoms. The molecule has 0 amide bonds. The number of benzene rings is 3. The number of hydrogen-bond acceptors (Lipinski definition) is 10. The molecule has 186 valence electrons. The van der Waals surface area contributed by atoms with Crippen LogP contribution < -0.4 is 9.47 Å². The van der Waals surface area contributed by atoms with Crippen molar-refractivity contribution in [3.05, 3.63) is 82.9 Å². The number of aliphatic hydroxyl groups excluding tert-OH is 4. The lowest BCUT2D eigenvalue weighted by Crippen LogP contribution is -2.60. The minimum Gasteiger partial charge on any atom is -0.508 e. The Labute approximate surface area is 204 Å². The first-order chi connectivity index (χ1) is 17.3. The molecule has 6 rings (SSSR count). The van der Waals surface area contributed by atoms with Gasteiger partial charge in [0.05, 0.1) is 12.2 Å². The third-order valence-electron chi connectivity index (χ3n) is 6.77. The zero-order valence-electron chi connectivity index (χ0n) is 18.6. The summed E-state index contributed by atoms with van der Waals surface area (Å²) in [6, 6.07) is 16.3. The summed E-state index contributed by atoms with van der Waals surface area (Å²) in [6.45, 7) is -0.592. The van der Waals surface area contributed by atoms with Crippen molar-refractivity contribution in [1.29, 1.82) is 0 Å². The van der Waals surface area contributed by atoms with Gasteiger partial charge >= 0.3 is 5.97 Å². The molecule has 3 aliphatic heterocycles. The van der Waals surface area contributed by atoms with Crippen LogP contribution in [0, 0.1) is 0 Å². The molecule has 6 unspecified atom stereocenters. The van der Waals surface area contributed by atoms with Crippen molar-refractivity contribution in [2.24, 2.45) is 0 Å². The van der Waals surface area contributed by atoms with E-state index in [-0.39, 0.29) is 23.0 Å². The first-order valence-corrected chi connectivity index (χ1v) is 11.3. The molecule has 10 heteroatoms. The summed E-state index contributed by atoms with van der Waals surface area (Å²) in [7, 11) is 0. The van der Waals surface area contributed by atoms with Crippen molar-refractivity contribution in [2.75, 3.05) is 6.61 Å². The number of rotatable bonds is 3. The van der Waals surface area contributed by atoms with E-state index in [4.69, 9.17) is 18.9 Å². The summed E-state index contributed by atoms with van der Waals surface area (Å²) < 4.78 is 23.3. The Morgan fingerprint density at radius 2 is 1.58 bits per heavy atom. The predicted molar refractivity (Wildman–Crippen MR) is 121 cm³/mol. The van der Waals surface area contributed by atoms with E-state index in [1.54, 1.807) is 42.5 Å². The van der Waals surface area contributed by atoms with Crippen LogP contribution in [-0.4, -0.2) is 68.8 Å². The van der Waals surface area contributed by atoms with Gasteiger partial charge in [-0.3, -0.25) is 0 Å². The molecule has 3 heterocycles. The molecule has 3 aromatic rings. The second-order valence-electron chi connectivity index (χ2n) is 8.87. The van der Waals surface area contributed by atoms with Gasteiger partial charge in [0.2, 0.25) is 6.29 Å². The molecule has 1 saturated heterocycles. The highest BCUT2D eigenvalue weighted by molar-refractivity contribution is 5.97. The van der Waals surface area contributed by atoms with Gasteiger partial charge in [-0.15, -0.1) is 0 Å². The van der Waals surface area contributed by atoms with E-state index in [0.717, 1.165) is 0 Å². The van der Waals surface area contributed by atoms with E-state index in [9.17, 15) is 30.3 Å². The molecule has 5 N–H and O–H groups in total. The third kappa shape index (κ3) is 3.20. The number of phenolic OH excluding ortho intramolecular Hbond substituents is 1. The molecule has 10 nitrogen and oxygen atoms in total. The molecular formula is C26H22O10. The van der Waals surface area contributed by atoms with Gasteiger partial charge in [0.1, 0.15) is 47.4 Å². The molecule has 0 aromatic heterocycles. The molecule has 6 atom stereocenters. The Kier molecular flexibility index (Phi) is 5.18. The smallest absolute Gasteiger partial charge is 0.340 e. The fourth-order valence-corrected chi connectivity index (χ4v) is 5.02. The molecule has 1 fully saturated rings. The molecule has 0 saturated carbocycles. The van der Waals surface area contributed by atoms with E-state index in [1.807, 2.05) is 0 Å². The monoisotopic (exact) mass is 494 g/mol. The molecule has 3 aromatic carbocycles. The van der Waals surface area contributed by atoms with Gasteiger partial charge in [-0.2, -0.15) is 0 Å². The van der Waals surface area contributed by atoms with Crippen LogP contribution in [0.4, 0.5) is 0 Å². The van der Waals surface area contributed by atoms with Crippen molar-refractivity contribution in [3.63, 3.8) is 0 Å². The Hall–Kier alpha value is -3.67. The van der Waals surface area contributed by atoms with Crippen LogP contribution in [0.15, 0.2) is 60.7 Å². The largest absolute Gasteiger partial charge is 0.508 e. The Balaban J connectivity index is 1.43. The van der Waals surface area contributed by atoms with Gasteiger partial charge in [-0.1, -0.05) is 18.2 Å². The Morgan fingerprint density at radius 1 is 0.861 bits per heavy atom. The molecule has 36 heavy (non-hydrogen) atoms. The first kappa shape index (κ1) is 22.8. The highest BCUT2D eigenvalue weighted by Gasteiger charge is 2.53. The predicted octanol–water partition coefficient (Wildman–Crippen LogP) is 1.14. The lowest BCUT2D eigenvalue weighted by atomic mass is 9.77. The third-order valence-corrected chi connectivity index (χ3v) is 6.77. The quantitative estimate of drug-likeness (QED) is 0.335. The standard InChI is InChI=1S/C26H22O10/c27-11-20-21(29)22(30)23(31)25(35-20)33-13-6-8-17-19(10-13)34-18-9-12(28)5-7-16(18)26(17)15-4-2-1-3-14(15)24(32)36-26/h1-10,20-23,25,27-31H,11H2. The van der Waals surface area contributed by atoms with Crippen LogP contribution in [0.5, 0.6) is 23.0 Å². The van der Waals surface area contributed by atoms with E-state index >= 15 is 0 Å². The molecule has 0 aliphatic carbocycles. The minimum absolute atomic E-state index is 0.0429. The van der Waals surface area contributed by atoms with E-state index < -0.39 is 48.9 Å². The second kappa shape index (κ2) is 8.19. The molecule has 0 bridgehead atoms. The number of carbonyl (C=O) groups is 1. The fraction of sp³-hybridized carbons (Fsp3) is 0.269. The van der Waals surface area contributed by atoms with Crippen LogP contribution in [-0.2, 0) is 15.1 Å². The van der Waals surface area contributed by atoms with Crippen LogP contribution >= 0.6 is 0 Å². The van der Waals surface area contributed by atoms with Crippen molar-refractivity contribution >= 4 is 5.97 Å². The minimum atomic E-state index is -1.60. The number of esters is 1. The number of aliphatic hydroxyl groups is 4. The summed E-state index contributed by atoms with van der Waals surface area (Å²) >= 11 is 0. The van der Waals surface area contributed by atoms with Gasteiger partial charge in [0.25, 0.3) is 0 Å². The Bertz CT molecular complexity index is 1350. The second-order valence-corrected chi connectivity index (χ2v) is 8.87. The maximum atomic E-state index is 12.9. The highest BCUT2D eigenvalue weighted by atomic mass is 16.7. The number of carbonyl (C=O) groups excluding carboxylic acids is 1. The maximum Gasteiger partial charge on any atom is 0.340 e. The van der Waals surface area contributed by atoms with Crippen molar-refractivity contribution in [1.82, 2.24) is 0 Å². The number of fused-ring (bicyclic) bond motifs is 6. The number of hydrogen-bond donors (Lipinski definition) is 5. The SMILES string of the molecule is O=C1OC2(c3ccc(O)cc3Oc3cc(OC4OC(CO)C(O)C(O)C4O)ccc32)c2ccccc21. The van der Waals surface area contributed by atoms with Gasteiger partial charge in [-0.05, 0) is 30.3 Å².